The molecule has 1 amide bonds. The molecule has 0 heterocycles. The third-order valence-electron chi connectivity index (χ3n) is 3.83. The Labute approximate surface area is 180 Å². The van der Waals surface area contributed by atoms with Crippen LogP contribution in [0.15, 0.2) is 47.4 Å². The Morgan fingerprint density at radius 3 is 2.22 bits per heavy atom. The summed E-state index contributed by atoms with van der Waals surface area (Å²) >= 11 is 0.850. The van der Waals surface area contributed by atoms with Crippen LogP contribution in [-0.2, 0) is 11.0 Å². The van der Waals surface area contributed by atoms with Crippen LogP contribution in [0.2, 0.25) is 0 Å². The minimum atomic E-state index is -5.02. The van der Waals surface area contributed by atoms with Gasteiger partial charge < -0.3 is 15.2 Å². The Balaban J connectivity index is 2.10. The highest BCUT2D eigenvalue weighted by atomic mass is 32.2. The van der Waals surface area contributed by atoms with Crippen molar-refractivity contribution in [2.75, 3.05) is 11.1 Å². The highest BCUT2D eigenvalue weighted by Gasteiger charge is 2.38. The van der Waals surface area contributed by atoms with Crippen molar-refractivity contribution < 1.29 is 45.9 Å². The smallest absolute Gasteiger partial charge is 0.406 e. The second-order valence-corrected chi connectivity index (χ2v) is 7.57. The first kappa shape index (κ1) is 25.3. The molecule has 0 bridgehead atoms. The van der Waals surface area contributed by atoms with Crippen LogP contribution in [0.25, 0.3) is 0 Å². The lowest BCUT2D eigenvalue weighted by atomic mass is 10.1. The van der Waals surface area contributed by atoms with Crippen LogP contribution in [-0.4, -0.2) is 33.7 Å². The number of ether oxygens (including phenoxy) is 1. The van der Waals surface area contributed by atoms with Crippen LogP contribution in [0.1, 0.15) is 12.5 Å². The monoisotopic (exact) mass is 484 g/mol. The van der Waals surface area contributed by atoms with E-state index in [2.05, 4.69) is 4.74 Å². The number of nitrogens with one attached hydrogen (secondary N) is 1. The molecule has 0 saturated carbocycles. The third-order valence-corrected chi connectivity index (χ3v) is 5.15. The first-order chi connectivity index (χ1) is 14.6. The predicted octanol–water partition coefficient (Wildman–Crippen LogP) is 4.99. The normalized spacial score (nSPS) is 13.9. The number of amides is 1. The van der Waals surface area contributed by atoms with Gasteiger partial charge in [0.15, 0.2) is 0 Å². The summed E-state index contributed by atoms with van der Waals surface area (Å²) in [6.07, 6.45) is -9.89. The topological polar surface area (TPSA) is 102 Å². The van der Waals surface area contributed by atoms with Gasteiger partial charge in [0.05, 0.1) is 16.2 Å². The van der Waals surface area contributed by atoms with E-state index in [1.165, 1.54) is 12.1 Å². The van der Waals surface area contributed by atoms with E-state index in [-0.39, 0.29) is 11.8 Å². The number of hydrogen-bond donors (Lipinski definition) is 2. The van der Waals surface area contributed by atoms with Crippen LogP contribution in [0.4, 0.5) is 37.7 Å². The molecule has 174 valence electrons. The minimum absolute atomic E-state index is 0.254. The van der Waals surface area contributed by atoms with Gasteiger partial charge in [-0.1, -0.05) is 0 Å². The van der Waals surface area contributed by atoms with Gasteiger partial charge in [-0.05, 0) is 37.3 Å². The average molecular weight is 484 g/mol. The molecule has 0 fully saturated rings. The lowest BCUT2D eigenvalue weighted by molar-refractivity contribution is -0.385. The van der Waals surface area contributed by atoms with Crippen molar-refractivity contribution in [3.63, 3.8) is 0 Å². The molecule has 0 aliphatic rings. The molecule has 14 heteroatoms. The SMILES string of the molecule is CC(O)(CSc1ccc(OC(F)(F)F)cc1)C(=O)Nc1ccc([N+](=O)[O-])cc1C(F)(F)F. The third kappa shape index (κ3) is 7.02. The quantitative estimate of drug-likeness (QED) is 0.248. The summed E-state index contributed by atoms with van der Waals surface area (Å²) < 4.78 is 79.9. The van der Waals surface area contributed by atoms with E-state index >= 15 is 0 Å². The summed E-state index contributed by atoms with van der Waals surface area (Å²) in [6.45, 7) is 1.02. The van der Waals surface area contributed by atoms with Gasteiger partial charge in [-0.15, -0.1) is 24.9 Å². The molecule has 0 saturated heterocycles. The van der Waals surface area contributed by atoms with Crippen molar-refractivity contribution in [1.29, 1.82) is 0 Å². The van der Waals surface area contributed by atoms with Gasteiger partial charge in [-0.25, -0.2) is 0 Å². The summed E-state index contributed by atoms with van der Waals surface area (Å²) in [7, 11) is 0. The summed E-state index contributed by atoms with van der Waals surface area (Å²) in [4.78, 5) is 22.4. The van der Waals surface area contributed by atoms with E-state index in [0.717, 1.165) is 36.9 Å². The maximum atomic E-state index is 13.2. The number of hydrogen-bond acceptors (Lipinski definition) is 6. The lowest BCUT2D eigenvalue weighted by Crippen LogP contribution is -2.42. The largest absolute Gasteiger partial charge is 0.573 e. The number of nitro groups is 1. The second-order valence-electron chi connectivity index (χ2n) is 6.52. The number of nitro benzene ring substituents is 1. The number of benzene rings is 2. The van der Waals surface area contributed by atoms with Crippen LogP contribution in [0.3, 0.4) is 0 Å². The fourth-order valence-electron chi connectivity index (χ4n) is 2.27. The number of nitrogens with zero attached hydrogens (tertiary/aromatic N) is 1. The summed E-state index contributed by atoms with van der Waals surface area (Å²) in [6, 6.07) is 6.20. The summed E-state index contributed by atoms with van der Waals surface area (Å²) in [5.74, 6) is -2.07. The molecular weight excluding hydrogens is 470 g/mol. The number of alkyl halides is 6. The molecule has 2 aromatic rings. The molecule has 0 aromatic heterocycles. The molecular formula is C18H14F6N2O5S. The van der Waals surface area contributed by atoms with E-state index in [1.807, 2.05) is 5.32 Å². The van der Waals surface area contributed by atoms with Gasteiger partial charge in [0.25, 0.3) is 11.6 Å². The van der Waals surface area contributed by atoms with E-state index in [4.69, 9.17) is 0 Å². The molecule has 0 aliphatic heterocycles. The standard InChI is InChI=1S/C18H14F6N2O5S/c1-16(28,9-32-12-5-3-11(4-6-12)31-18(22,23)24)15(27)25-14-7-2-10(26(29)30)8-13(14)17(19,20)21/h2-8,28H,9H2,1H3,(H,25,27). The second kappa shape index (κ2) is 9.24. The number of non-ortho nitro benzene ring substituents is 1. The molecule has 2 aromatic carbocycles. The van der Waals surface area contributed by atoms with E-state index in [0.29, 0.717) is 11.0 Å². The minimum Gasteiger partial charge on any atom is -0.406 e. The number of carbonyl (C=O) groups is 1. The highest BCUT2D eigenvalue weighted by molar-refractivity contribution is 7.99. The lowest BCUT2D eigenvalue weighted by Gasteiger charge is -2.23. The number of anilines is 1. The van der Waals surface area contributed by atoms with Gasteiger partial charge in [0, 0.05) is 22.8 Å². The molecule has 0 spiro atoms. The maximum Gasteiger partial charge on any atom is 0.573 e. The Bertz CT molecular complexity index is 993. The number of halogens is 6. The van der Waals surface area contributed by atoms with Crippen molar-refractivity contribution in [1.82, 2.24) is 0 Å². The van der Waals surface area contributed by atoms with E-state index < -0.39 is 51.7 Å². The van der Waals surface area contributed by atoms with Crippen molar-refractivity contribution in [3.05, 3.63) is 58.1 Å². The highest BCUT2D eigenvalue weighted by Crippen LogP contribution is 2.37. The molecule has 0 aliphatic carbocycles. The van der Waals surface area contributed by atoms with Crippen molar-refractivity contribution in [3.8, 4) is 5.75 Å². The van der Waals surface area contributed by atoms with Crippen LogP contribution in [0, 0.1) is 10.1 Å². The van der Waals surface area contributed by atoms with Crippen molar-refractivity contribution in [2.24, 2.45) is 0 Å². The number of rotatable bonds is 7. The molecule has 1 unspecified atom stereocenters. The Morgan fingerprint density at radius 2 is 1.72 bits per heavy atom. The van der Waals surface area contributed by atoms with Gasteiger partial charge in [-0.3, -0.25) is 14.9 Å². The number of carbonyl (C=O) groups excluding carboxylic acids is 1. The Morgan fingerprint density at radius 1 is 1.12 bits per heavy atom. The first-order valence-corrected chi connectivity index (χ1v) is 9.45. The fourth-order valence-corrected chi connectivity index (χ4v) is 3.18. The molecule has 7 nitrogen and oxygen atoms in total. The van der Waals surface area contributed by atoms with Crippen molar-refractivity contribution >= 4 is 29.0 Å². The van der Waals surface area contributed by atoms with Gasteiger partial charge >= 0.3 is 12.5 Å². The molecule has 2 N–H and O–H groups in total. The Kier molecular flexibility index (Phi) is 7.29. The van der Waals surface area contributed by atoms with E-state index in [1.54, 1.807) is 0 Å². The van der Waals surface area contributed by atoms with Gasteiger partial charge in [-0.2, -0.15) is 13.2 Å². The predicted molar refractivity (Wildman–Crippen MR) is 101 cm³/mol. The first-order valence-electron chi connectivity index (χ1n) is 8.46. The zero-order valence-electron chi connectivity index (χ0n) is 16.0. The van der Waals surface area contributed by atoms with Crippen molar-refractivity contribution in [2.45, 2.75) is 30.0 Å². The van der Waals surface area contributed by atoms with Gasteiger partial charge in [0.1, 0.15) is 11.4 Å². The van der Waals surface area contributed by atoms with E-state index in [9.17, 15) is 46.4 Å². The van der Waals surface area contributed by atoms with Crippen LogP contribution >= 0.6 is 11.8 Å². The maximum absolute atomic E-state index is 13.2. The summed E-state index contributed by atoms with van der Waals surface area (Å²) in [5.41, 5.74) is -5.29. The zero-order valence-corrected chi connectivity index (χ0v) is 16.8. The van der Waals surface area contributed by atoms with Crippen LogP contribution < -0.4 is 10.1 Å². The number of aliphatic hydroxyl groups is 1. The Hall–Kier alpha value is -3.00. The fraction of sp³-hybridized carbons (Fsp3) is 0.278. The average Bonchev–Trinajstić information content (AvgIpc) is 2.65. The summed E-state index contributed by atoms with van der Waals surface area (Å²) in [5, 5.41) is 23.0. The van der Waals surface area contributed by atoms with Gasteiger partial charge in [0.2, 0.25) is 0 Å². The molecule has 32 heavy (non-hydrogen) atoms. The van der Waals surface area contributed by atoms with Crippen LogP contribution in [0.5, 0.6) is 5.75 Å². The molecule has 1 atom stereocenters. The molecule has 0 radical (unpaired) electrons. The number of thioether (sulfide) groups is 1. The zero-order chi connectivity index (χ0) is 24.3. The molecule has 2 rings (SSSR count).